The van der Waals surface area contributed by atoms with Gasteiger partial charge in [0.15, 0.2) is 0 Å². The number of ether oxygens (including phenoxy) is 3. The predicted molar refractivity (Wildman–Crippen MR) is 51.3 cm³/mol. The van der Waals surface area contributed by atoms with E-state index in [-0.39, 0.29) is 12.1 Å². The van der Waals surface area contributed by atoms with E-state index in [9.17, 15) is 5.11 Å². The first kappa shape index (κ1) is 11.9. The maximum absolute atomic E-state index is 9.38. The van der Waals surface area contributed by atoms with E-state index in [1.807, 2.05) is 0 Å². The molecule has 1 rings (SSSR count). The standard InChI is InChI=1S/C9H19NO4/c1-12-4-5-13-3-2-10-8-6-14-7-9(8)11/h8-11H,2-7H2,1H3. The van der Waals surface area contributed by atoms with Crippen molar-refractivity contribution in [1.82, 2.24) is 5.32 Å². The van der Waals surface area contributed by atoms with Crippen LogP contribution in [0.2, 0.25) is 0 Å². The van der Waals surface area contributed by atoms with Crippen molar-refractivity contribution >= 4 is 0 Å². The summed E-state index contributed by atoms with van der Waals surface area (Å²) >= 11 is 0. The SMILES string of the molecule is COCCOCCNC1COCC1O. The Balaban J connectivity index is 1.88. The van der Waals surface area contributed by atoms with Crippen LogP contribution < -0.4 is 5.32 Å². The van der Waals surface area contributed by atoms with Crippen LogP contribution in [0.4, 0.5) is 0 Å². The molecule has 0 saturated carbocycles. The number of aliphatic hydroxyl groups is 1. The number of hydrogen-bond acceptors (Lipinski definition) is 5. The molecule has 0 aromatic carbocycles. The van der Waals surface area contributed by atoms with Crippen LogP contribution in [0.15, 0.2) is 0 Å². The van der Waals surface area contributed by atoms with Gasteiger partial charge in [-0.1, -0.05) is 0 Å². The highest BCUT2D eigenvalue weighted by Gasteiger charge is 2.24. The van der Waals surface area contributed by atoms with E-state index < -0.39 is 0 Å². The molecule has 5 nitrogen and oxygen atoms in total. The van der Waals surface area contributed by atoms with Gasteiger partial charge in [-0.05, 0) is 0 Å². The molecule has 2 unspecified atom stereocenters. The molecule has 0 aliphatic carbocycles. The summed E-state index contributed by atoms with van der Waals surface area (Å²) in [5.41, 5.74) is 0. The van der Waals surface area contributed by atoms with Crippen LogP contribution in [0.5, 0.6) is 0 Å². The van der Waals surface area contributed by atoms with E-state index >= 15 is 0 Å². The van der Waals surface area contributed by atoms with Gasteiger partial charge in [-0.25, -0.2) is 0 Å². The topological polar surface area (TPSA) is 60.0 Å². The van der Waals surface area contributed by atoms with Crippen molar-refractivity contribution in [2.45, 2.75) is 12.1 Å². The van der Waals surface area contributed by atoms with E-state index in [1.54, 1.807) is 7.11 Å². The van der Waals surface area contributed by atoms with Gasteiger partial charge in [0.1, 0.15) is 0 Å². The van der Waals surface area contributed by atoms with Crippen molar-refractivity contribution in [1.29, 1.82) is 0 Å². The quantitative estimate of drug-likeness (QED) is 0.522. The number of methoxy groups -OCH3 is 1. The van der Waals surface area contributed by atoms with Crippen molar-refractivity contribution in [3.63, 3.8) is 0 Å². The van der Waals surface area contributed by atoms with E-state index in [2.05, 4.69) is 5.32 Å². The van der Waals surface area contributed by atoms with Gasteiger partial charge in [-0.15, -0.1) is 0 Å². The molecule has 0 aromatic rings. The lowest BCUT2D eigenvalue weighted by molar-refractivity contribution is 0.0688. The zero-order valence-electron chi connectivity index (χ0n) is 8.57. The molecule has 0 radical (unpaired) electrons. The molecule has 1 aliphatic rings. The largest absolute Gasteiger partial charge is 0.389 e. The molecule has 2 N–H and O–H groups in total. The zero-order valence-corrected chi connectivity index (χ0v) is 8.57. The molecule has 0 aromatic heterocycles. The fraction of sp³-hybridized carbons (Fsp3) is 1.00. The van der Waals surface area contributed by atoms with Gasteiger partial charge in [0, 0.05) is 13.7 Å². The Hall–Kier alpha value is -0.200. The molecule has 5 heteroatoms. The Bertz CT molecular complexity index is 145. The molecule has 1 saturated heterocycles. The van der Waals surface area contributed by atoms with Gasteiger partial charge in [0.25, 0.3) is 0 Å². The highest BCUT2D eigenvalue weighted by atomic mass is 16.5. The summed E-state index contributed by atoms with van der Waals surface area (Å²) in [7, 11) is 1.65. The second kappa shape index (κ2) is 7.14. The lowest BCUT2D eigenvalue weighted by atomic mass is 10.2. The smallest absolute Gasteiger partial charge is 0.0948 e. The number of aliphatic hydroxyl groups excluding tert-OH is 1. The van der Waals surface area contributed by atoms with Crippen molar-refractivity contribution in [3.8, 4) is 0 Å². The molecule has 2 atom stereocenters. The van der Waals surface area contributed by atoms with E-state index in [0.717, 1.165) is 6.54 Å². The summed E-state index contributed by atoms with van der Waals surface area (Å²) in [6.45, 7) is 3.61. The summed E-state index contributed by atoms with van der Waals surface area (Å²) in [5.74, 6) is 0. The first-order chi connectivity index (χ1) is 6.84. The molecular weight excluding hydrogens is 186 g/mol. The highest BCUT2D eigenvalue weighted by Crippen LogP contribution is 2.03. The summed E-state index contributed by atoms with van der Waals surface area (Å²) in [5, 5.41) is 12.5. The van der Waals surface area contributed by atoms with Crippen LogP contribution in [0.1, 0.15) is 0 Å². The van der Waals surface area contributed by atoms with E-state index in [0.29, 0.717) is 33.0 Å². The van der Waals surface area contributed by atoms with Crippen molar-refractivity contribution in [2.75, 3.05) is 46.7 Å². The Morgan fingerprint density at radius 3 is 2.86 bits per heavy atom. The predicted octanol–water partition coefficient (Wildman–Crippen LogP) is -1.00. The zero-order chi connectivity index (χ0) is 10.2. The summed E-state index contributed by atoms with van der Waals surface area (Å²) in [6, 6.07) is 0.0565. The van der Waals surface area contributed by atoms with Crippen LogP contribution >= 0.6 is 0 Å². The average Bonchev–Trinajstić information content (AvgIpc) is 2.58. The molecule has 84 valence electrons. The molecular formula is C9H19NO4. The number of hydrogen-bond donors (Lipinski definition) is 2. The minimum absolute atomic E-state index is 0.0565. The van der Waals surface area contributed by atoms with Gasteiger partial charge in [0.2, 0.25) is 0 Å². The molecule has 1 fully saturated rings. The Kier molecular flexibility index (Phi) is 6.05. The molecule has 0 amide bonds. The first-order valence-corrected chi connectivity index (χ1v) is 4.90. The summed E-state index contributed by atoms with van der Waals surface area (Å²) < 4.78 is 15.2. The minimum atomic E-state index is -0.381. The normalized spacial score (nSPS) is 27.0. The molecule has 0 bridgehead atoms. The van der Waals surface area contributed by atoms with Crippen LogP contribution in [-0.4, -0.2) is 63.9 Å². The Morgan fingerprint density at radius 2 is 2.21 bits per heavy atom. The fourth-order valence-electron chi connectivity index (χ4n) is 1.30. The van der Waals surface area contributed by atoms with Crippen molar-refractivity contribution in [3.05, 3.63) is 0 Å². The summed E-state index contributed by atoms with van der Waals surface area (Å²) in [4.78, 5) is 0. The van der Waals surface area contributed by atoms with Gasteiger partial charge in [-0.2, -0.15) is 0 Å². The van der Waals surface area contributed by atoms with Crippen LogP contribution in [0.25, 0.3) is 0 Å². The van der Waals surface area contributed by atoms with Crippen molar-refractivity contribution < 1.29 is 19.3 Å². The van der Waals surface area contributed by atoms with E-state index in [1.165, 1.54) is 0 Å². The van der Waals surface area contributed by atoms with Gasteiger partial charge >= 0.3 is 0 Å². The second-order valence-corrected chi connectivity index (χ2v) is 3.27. The third kappa shape index (κ3) is 4.34. The van der Waals surface area contributed by atoms with Gasteiger partial charge in [-0.3, -0.25) is 0 Å². The maximum Gasteiger partial charge on any atom is 0.0948 e. The Labute approximate surface area is 84.3 Å². The van der Waals surface area contributed by atoms with Crippen molar-refractivity contribution in [2.24, 2.45) is 0 Å². The van der Waals surface area contributed by atoms with Gasteiger partial charge < -0.3 is 24.6 Å². The lowest BCUT2D eigenvalue weighted by Gasteiger charge is -2.14. The molecule has 1 aliphatic heterocycles. The maximum atomic E-state index is 9.38. The van der Waals surface area contributed by atoms with Gasteiger partial charge in [0.05, 0.1) is 45.2 Å². The fourth-order valence-corrected chi connectivity index (χ4v) is 1.30. The monoisotopic (exact) mass is 205 g/mol. The number of rotatable bonds is 7. The number of nitrogens with one attached hydrogen (secondary N) is 1. The third-order valence-corrected chi connectivity index (χ3v) is 2.14. The summed E-state index contributed by atoms with van der Waals surface area (Å²) in [6.07, 6.45) is -0.381. The van der Waals surface area contributed by atoms with Crippen LogP contribution in [0, 0.1) is 0 Å². The lowest BCUT2D eigenvalue weighted by Crippen LogP contribution is -2.40. The molecule has 0 spiro atoms. The molecule has 14 heavy (non-hydrogen) atoms. The Morgan fingerprint density at radius 1 is 1.36 bits per heavy atom. The van der Waals surface area contributed by atoms with E-state index in [4.69, 9.17) is 14.2 Å². The molecule has 1 heterocycles. The first-order valence-electron chi connectivity index (χ1n) is 4.90. The van der Waals surface area contributed by atoms with Crippen LogP contribution in [0.3, 0.4) is 0 Å². The minimum Gasteiger partial charge on any atom is -0.389 e. The average molecular weight is 205 g/mol. The second-order valence-electron chi connectivity index (χ2n) is 3.27. The highest BCUT2D eigenvalue weighted by molar-refractivity contribution is 4.80. The van der Waals surface area contributed by atoms with Crippen LogP contribution in [-0.2, 0) is 14.2 Å². The third-order valence-electron chi connectivity index (χ3n) is 2.14.